The van der Waals surface area contributed by atoms with Crippen LogP contribution in [0.25, 0.3) is 0 Å². The largest absolute Gasteiger partial charge is 0.352 e. The highest BCUT2D eigenvalue weighted by Crippen LogP contribution is 2.25. The Morgan fingerprint density at radius 3 is 1.95 bits per heavy atom. The minimum atomic E-state index is -4.15. The lowest BCUT2D eigenvalue weighted by atomic mass is 10.0. The summed E-state index contributed by atoms with van der Waals surface area (Å²) in [6, 6.07) is 30.6. The standard InChI is InChI=1S/C35H36FN3O4S/c36-29-22-20-28(21-23-29)25-38(33(24-27-12-4-1-5-13-27)35(41)37-30-14-10-11-15-30)34(40)26-39(31-16-6-2-7-17-31)44(42,43)32-18-8-3-9-19-32/h1-9,12-13,16-23,30,33H,10-11,14-15,24-26H2,(H,37,41). The zero-order valence-electron chi connectivity index (χ0n) is 24.4. The topological polar surface area (TPSA) is 86.8 Å². The van der Waals surface area contributed by atoms with E-state index in [1.165, 1.54) is 29.2 Å². The van der Waals surface area contributed by atoms with Gasteiger partial charge >= 0.3 is 0 Å². The van der Waals surface area contributed by atoms with Crippen molar-refractivity contribution in [2.75, 3.05) is 10.8 Å². The Kier molecular flexibility index (Phi) is 10.1. The maximum Gasteiger partial charge on any atom is 0.264 e. The SMILES string of the molecule is O=C(NC1CCCC1)C(Cc1ccccc1)N(Cc1ccc(F)cc1)C(=O)CN(c1ccccc1)S(=O)(=O)c1ccccc1. The number of nitrogens with zero attached hydrogens (tertiary/aromatic N) is 2. The van der Waals surface area contributed by atoms with Crippen LogP contribution in [0.4, 0.5) is 10.1 Å². The van der Waals surface area contributed by atoms with Gasteiger partial charge in [-0.1, -0.05) is 91.7 Å². The molecule has 4 aromatic rings. The van der Waals surface area contributed by atoms with Gasteiger partial charge in [0, 0.05) is 19.0 Å². The third-order valence-corrected chi connectivity index (χ3v) is 9.68. The molecule has 0 saturated heterocycles. The van der Waals surface area contributed by atoms with Gasteiger partial charge in [-0.25, -0.2) is 12.8 Å². The fourth-order valence-electron chi connectivity index (χ4n) is 5.55. The molecule has 1 aliphatic rings. The van der Waals surface area contributed by atoms with Gasteiger partial charge in [0.25, 0.3) is 10.0 Å². The molecule has 1 unspecified atom stereocenters. The molecule has 0 aromatic heterocycles. The highest BCUT2D eigenvalue weighted by Gasteiger charge is 2.35. The quantitative estimate of drug-likeness (QED) is 0.222. The number of benzene rings is 4. The fraction of sp³-hybridized carbons (Fsp3) is 0.257. The molecule has 5 rings (SSSR count). The molecule has 44 heavy (non-hydrogen) atoms. The van der Waals surface area contributed by atoms with Gasteiger partial charge in [0.15, 0.2) is 0 Å². The molecular formula is C35H36FN3O4S. The summed E-state index contributed by atoms with van der Waals surface area (Å²) < 4.78 is 42.8. The van der Waals surface area contributed by atoms with Crippen molar-refractivity contribution in [2.45, 2.75) is 55.6 Å². The summed E-state index contributed by atoms with van der Waals surface area (Å²) in [4.78, 5) is 29.9. The van der Waals surface area contributed by atoms with Gasteiger partial charge in [-0.15, -0.1) is 0 Å². The van der Waals surface area contributed by atoms with Crippen molar-refractivity contribution >= 4 is 27.5 Å². The predicted octanol–water partition coefficient (Wildman–Crippen LogP) is 5.72. The van der Waals surface area contributed by atoms with E-state index in [9.17, 15) is 22.4 Å². The number of nitrogens with one attached hydrogen (secondary N) is 1. The van der Waals surface area contributed by atoms with Crippen LogP contribution in [0, 0.1) is 5.82 Å². The van der Waals surface area contributed by atoms with E-state index in [2.05, 4.69) is 5.32 Å². The Morgan fingerprint density at radius 1 is 0.773 bits per heavy atom. The third kappa shape index (κ3) is 7.71. The van der Waals surface area contributed by atoms with Crippen molar-refractivity contribution in [3.8, 4) is 0 Å². The van der Waals surface area contributed by atoms with Crippen molar-refractivity contribution < 1.29 is 22.4 Å². The number of para-hydroxylation sites is 1. The Labute approximate surface area is 258 Å². The molecule has 0 spiro atoms. The monoisotopic (exact) mass is 613 g/mol. The van der Waals surface area contributed by atoms with Crippen molar-refractivity contribution in [3.63, 3.8) is 0 Å². The Balaban J connectivity index is 1.54. The first-order valence-corrected chi connectivity index (χ1v) is 16.3. The van der Waals surface area contributed by atoms with Crippen molar-refractivity contribution in [1.82, 2.24) is 10.2 Å². The first-order valence-electron chi connectivity index (χ1n) is 14.8. The second-order valence-corrected chi connectivity index (χ2v) is 12.9. The molecule has 0 heterocycles. The summed E-state index contributed by atoms with van der Waals surface area (Å²) >= 11 is 0. The van der Waals surface area contributed by atoms with Crippen LogP contribution in [0.3, 0.4) is 0 Å². The van der Waals surface area contributed by atoms with Crippen molar-refractivity contribution in [3.05, 3.63) is 132 Å². The van der Waals surface area contributed by atoms with Crippen LogP contribution in [0.15, 0.2) is 120 Å². The van der Waals surface area contributed by atoms with E-state index in [1.807, 2.05) is 30.3 Å². The van der Waals surface area contributed by atoms with Crippen LogP contribution >= 0.6 is 0 Å². The fourth-order valence-corrected chi connectivity index (χ4v) is 6.99. The minimum Gasteiger partial charge on any atom is -0.352 e. The molecule has 4 aromatic carbocycles. The number of rotatable bonds is 12. The Morgan fingerprint density at radius 2 is 1.34 bits per heavy atom. The molecule has 1 atom stereocenters. The average molecular weight is 614 g/mol. The summed E-state index contributed by atoms with van der Waals surface area (Å²) in [6.45, 7) is -0.548. The second kappa shape index (κ2) is 14.3. The molecule has 228 valence electrons. The Hall–Kier alpha value is -4.50. The molecule has 0 radical (unpaired) electrons. The van der Waals surface area contributed by atoms with E-state index >= 15 is 0 Å². The number of halogens is 1. The summed E-state index contributed by atoms with van der Waals surface area (Å²) in [7, 11) is -4.15. The van der Waals surface area contributed by atoms with E-state index in [0.29, 0.717) is 11.3 Å². The van der Waals surface area contributed by atoms with Crippen LogP contribution in [-0.4, -0.2) is 43.8 Å². The maximum absolute atomic E-state index is 14.4. The van der Waals surface area contributed by atoms with E-state index in [4.69, 9.17) is 0 Å². The Bertz CT molecular complexity index is 1630. The van der Waals surface area contributed by atoms with Gasteiger partial charge in [0.05, 0.1) is 10.6 Å². The zero-order chi connectivity index (χ0) is 30.9. The van der Waals surface area contributed by atoms with Crippen LogP contribution in [0.5, 0.6) is 0 Å². The maximum atomic E-state index is 14.4. The summed E-state index contributed by atoms with van der Waals surface area (Å²) in [5, 5.41) is 3.15. The first kappa shape index (κ1) is 30.9. The van der Waals surface area contributed by atoms with Crippen molar-refractivity contribution in [2.24, 2.45) is 0 Å². The molecule has 1 aliphatic carbocycles. The molecule has 2 amide bonds. The smallest absolute Gasteiger partial charge is 0.264 e. The van der Waals surface area contributed by atoms with Gasteiger partial charge in [0.2, 0.25) is 11.8 Å². The average Bonchev–Trinajstić information content (AvgIpc) is 3.56. The number of hydrogen-bond acceptors (Lipinski definition) is 4. The van der Waals surface area contributed by atoms with Crippen molar-refractivity contribution in [1.29, 1.82) is 0 Å². The zero-order valence-corrected chi connectivity index (χ0v) is 25.2. The lowest BCUT2D eigenvalue weighted by Gasteiger charge is -2.34. The van der Waals surface area contributed by atoms with Crippen LogP contribution in [-0.2, 0) is 32.6 Å². The molecule has 1 saturated carbocycles. The molecular weight excluding hydrogens is 577 g/mol. The highest BCUT2D eigenvalue weighted by atomic mass is 32.2. The number of sulfonamides is 1. The number of carbonyl (C=O) groups excluding carboxylic acids is 2. The first-order chi connectivity index (χ1) is 21.3. The van der Waals surface area contributed by atoms with Gasteiger partial charge in [-0.05, 0) is 60.4 Å². The predicted molar refractivity (Wildman–Crippen MR) is 169 cm³/mol. The van der Waals surface area contributed by atoms with Gasteiger partial charge in [0.1, 0.15) is 18.4 Å². The van der Waals surface area contributed by atoms with E-state index in [1.54, 1.807) is 60.7 Å². The normalized spacial score (nSPS) is 14.1. The van der Waals surface area contributed by atoms with Gasteiger partial charge in [-0.3, -0.25) is 13.9 Å². The van der Waals surface area contributed by atoms with Crippen LogP contribution < -0.4 is 9.62 Å². The lowest BCUT2D eigenvalue weighted by molar-refractivity contribution is -0.140. The third-order valence-electron chi connectivity index (χ3n) is 7.89. The number of hydrogen-bond donors (Lipinski definition) is 1. The van der Waals surface area contributed by atoms with E-state index in [-0.39, 0.29) is 29.8 Å². The van der Waals surface area contributed by atoms with E-state index < -0.39 is 34.3 Å². The number of amides is 2. The van der Waals surface area contributed by atoms with Gasteiger partial charge < -0.3 is 10.2 Å². The number of anilines is 1. The molecule has 1 N–H and O–H groups in total. The molecule has 9 heteroatoms. The summed E-state index contributed by atoms with van der Waals surface area (Å²) in [5.74, 6) is -1.27. The minimum absolute atomic E-state index is 0.0112. The summed E-state index contributed by atoms with van der Waals surface area (Å²) in [6.07, 6.45) is 4.01. The van der Waals surface area contributed by atoms with Crippen LogP contribution in [0.2, 0.25) is 0 Å². The molecule has 0 bridgehead atoms. The lowest BCUT2D eigenvalue weighted by Crippen LogP contribution is -2.54. The highest BCUT2D eigenvalue weighted by molar-refractivity contribution is 7.92. The summed E-state index contributed by atoms with van der Waals surface area (Å²) in [5.41, 5.74) is 1.79. The van der Waals surface area contributed by atoms with Gasteiger partial charge in [-0.2, -0.15) is 0 Å². The second-order valence-electron chi connectivity index (χ2n) is 11.0. The molecule has 7 nitrogen and oxygen atoms in total. The molecule has 0 aliphatic heterocycles. The molecule has 1 fully saturated rings. The van der Waals surface area contributed by atoms with E-state index in [0.717, 1.165) is 35.6 Å². The van der Waals surface area contributed by atoms with Crippen LogP contribution in [0.1, 0.15) is 36.8 Å². The number of carbonyl (C=O) groups is 2.